The number of rotatable bonds is 2. The summed E-state index contributed by atoms with van der Waals surface area (Å²) in [5.41, 5.74) is 3.53. The van der Waals surface area contributed by atoms with Gasteiger partial charge in [0.05, 0.1) is 11.8 Å². The SMILES string of the molecule is Cl.Clc1ccc2nc(-c3ccco3)cc(-c3ccccc3Cl)c2c1. The van der Waals surface area contributed by atoms with Gasteiger partial charge in [-0.1, -0.05) is 41.4 Å². The average molecular weight is 377 g/mol. The molecule has 0 radical (unpaired) electrons. The standard InChI is InChI=1S/C19H11Cl2NO.ClH/c20-12-7-8-17-15(10-12)14(13-4-1-2-5-16(13)21)11-18(22-17)19-6-3-9-23-19;/h1-11H;1H. The van der Waals surface area contributed by atoms with E-state index in [2.05, 4.69) is 4.98 Å². The van der Waals surface area contributed by atoms with E-state index in [0.29, 0.717) is 10.0 Å². The summed E-state index contributed by atoms with van der Waals surface area (Å²) in [6, 6.07) is 19.1. The van der Waals surface area contributed by atoms with E-state index in [1.165, 1.54) is 0 Å². The van der Waals surface area contributed by atoms with Gasteiger partial charge in [0.15, 0.2) is 5.76 Å². The highest BCUT2D eigenvalue weighted by molar-refractivity contribution is 6.34. The number of nitrogens with zero attached hydrogens (tertiary/aromatic N) is 1. The third kappa shape index (κ3) is 3.01. The van der Waals surface area contributed by atoms with Gasteiger partial charge in [0.2, 0.25) is 0 Å². The second kappa shape index (κ2) is 6.86. The van der Waals surface area contributed by atoms with Gasteiger partial charge in [0, 0.05) is 21.0 Å². The number of benzene rings is 2. The Hall–Kier alpha value is -2.00. The molecule has 2 aromatic carbocycles. The summed E-state index contributed by atoms with van der Waals surface area (Å²) in [7, 11) is 0. The van der Waals surface area contributed by atoms with Crippen LogP contribution in [-0.2, 0) is 0 Å². The Morgan fingerprint density at radius 2 is 1.67 bits per heavy atom. The molecule has 2 nitrogen and oxygen atoms in total. The number of halogens is 3. The Morgan fingerprint density at radius 1 is 0.833 bits per heavy atom. The Balaban J connectivity index is 0.00000169. The van der Waals surface area contributed by atoms with Crippen LogP contribution in [0.2, 0.25) is 10.0 Å². The van der Waals surface area contributed by atoms with Crippen LogP contribution >= 0.6 is 35.6 Å². The summed E-state index contributed by atoms with van der Waals surface area (Å²) in [4.78, 5) is 4.68. The molecule has 0 N–H and O–H groups in total. The summed E-state index contributed by atoms with van der Waals surface area (Å²) in [6.07, 6.45) is 1.64. The van der Waals surface area contributed by atoms with Crippen molar-refractivity contribution >= 4 is 46.5 Å². The normalized spacial score (nSPS) is 10.6. The van der Waals surface area contributed by atoms with E-state index in [9.17, 15) is 0 Å². The van der Waals surface area contributed by atoms with Crippen LogP contribution in [0.25, 0.3) is 33.5 Å². The van der Waals surface area contributed by atoms with E-state index in [-0.39, 0.29) is 12.4 Å². The van der Waals surface area contributed by atoms with Gasteiger partial charge in [-0.2, -0.15) is 0 Å². The Labute approximate surface area is 155 Å². The molecule has 4 rings (SSSR count). The summed E-state index contributed by atoms with van der Waals surface area (Å²) < 4.78 is 5.49. The first kappa shape index (κ1) is 16.8. The second-order valence-electron chi connectivity index (χ2n) is 5.17. The molecular formula is C19H12Cl3NO. The molecule has 0 amide bonds. The van der Waals surface area contributed by atoms with E-state index in [0.717, 1.165) is 33.5 Å². The number of pyridine rings is 1. The van der Waals surface area contributed by atoms with Crippen molar-refractivity contribution < 1.29 is 4.42 Å². The van der Waals surface area contributed by atoms with Gasteiger partial charge in [-0.25, -0.2) is 4.98 Å². The fourth-order valence-corrected chi connectivity index (χ4v) is 3.06. The average Bonchev–Trinajstić information content (AvgIpc) is 3.09. The summed E-state index contributed by atoms with van der Waals surface area (Å²) in [5, 5.41) is 2.31. The first-order valence-electron chi connectivity index (χ1n) is 7.11. The Morgan fingerprint density at radius 3 is 2.42 bits per heavy atom. The fourth-order valence-electron chi connectivity index (χ4n) is 2.65. The van der Waals surface area contributed by atoms with Crippen LogP contribution in [0.1, 0.15) is 0 Å². The lowest BCUT2D eigenvalue weighted by molar-refractivity contribution is 0.580. The monoisotopic (exact) mass is 375 g/mol. The fraction of sp³-hybridized carbons (Fsp3) is 0. The number of furan rings is 1. The van der Waals surface area contributed by atoms with Crippen molar-refractivity contribution in [1.82, 2.24) is 4.98 Å². The quantitative estimate of drug-likeness (QED) is 0.380. The van der Waals surface area contributed by atoms with Crippen LogP contribution in [0, 0.1) is 0 Å². The zero-order chi connectivity index (χ0) is 15.8. The first-order valence-corrected chi connectivity index (χ1v) is 7.87. The minimum absolute atomic E-state index is 0. The second-order valence-corrected chi connectivity index (χ2v) is 6.02. The smallest absolute Gasteiger partial charge is 0.152 e. The maximum Gasteiger partial charge on any atom is 0.152 e. The third-order valence-corrected chi connectivity index (χ3v) is 4.27. The molecule has 0 bridgehead atoms. The molecule has 4 aromatic rings. The van der Waals surface area contributed by atoms with Gasteiger partial charge < -0.3 is 4.42 Å². The van der Waals surface area contributed by atoms with Crippen LogP contribution in [0.5, 0.6) is 0 Å². The zero-order valence-electron chi connectivity index (χ0n) is 12.4. The van der Waals surface area contributed by atoms with Gasteiger partial charge in [-0.15, -0.1) is 12.4 Å². The molecule has 0 atom stereocenters. The Kier molecular flexibility index (Phi) is 4.81. The number of fused-ring (bicyclic) bond motifs is 1. The lowest BCUT2D eigenvalue weighted by Crippen LogP contribution is -1.89. The lowest BCUT2D eigenvalue weighted by atomic mass is 9.99. The van der Waals surface area contributed by atoms with E-state index in [1.807, 2.05) is 60.7 Å². The van der Waals surface area contributed by atoms with Gasteiger partial charge in [0.25, 0.3) is 0 Å². The van der Waals surface area contributed by atoms with Crippen molar-refractivity contribution in [2.45, 2.75) is 0 Å². The molecule has 2 aromatic heterocycles. The van der Waals surface area contributed by atoms with Gasteiger partial charge in [-0.05, 0) is 48.0 Å². The predicted octanol–water partition coefficient (Wildman–Crippen LogP) is 6.89. The highest BCUT2D eigenvalue weighted by Crippen LogP contribution is 2.36. The van der Waals surface area contributed by atoms with Crippen molar-refractivity contribution in [2.24, 2.45) is 0 Å². The van der Waals surface area contributed by atoms with E-state index < -0.39 is 0 Å². The van der Waals surface area contributed by atoms with Crippen LogP contribution in [0.3, 0.4) is 0 Å². The van der Waals surface area contributed by atoms with Crippen molar-refractivity contribution in [2.75, 3.05) is 0 Å². The molecule has 0 spiro atoms. The number of hydrogen-bond donors (Lipinski definition) is 0. The van der Waals surface area contributed by atoms with Crippen molar-refractivity contribution in [3.05, 3.63) is 77.0 Å². The zero-order valence-corrected chi connectivity index (χ0v) is 14.7. The molecule has 0 saturated heterocycles. The number of aromatic nitrogens is 1. The predicted molar refractivity (Wildman–Crippen MR) is 102 cm³/mol. The van der Waals surface area contributed by atoms with Gasteiger partial charge in [-0.3, -0.25) is 0 Å². The van der Waals surface area contributed by atoms with E-state index in [1.54, 1.807) is 6.26 Å². The molecule has 24 heavy (non-hydrogen) atoms. The largest absolute Gasteiger partial charge is 0.463 e. The topological polar surface area (TPSA) is 26.0 Å². The first-order chi connectivity index (χ1) is 11.2. The van der Waals surface area contributed by atoms with Crippen molar-refractivity contribution in [3.8, 4) is 22.6 Å². The van der Waals surface area contributed by atoms with Gasteiger partial charge >= 0.3 is 0 Å². The van der Waals surface area contributed by atoms with E-state index in [4.69, 9.17) is 27.6 Å². The van der Waals surface area contributed by atoms with Crippen molar-refractivity contribution in [1.29, 1.82) is 0 Å². The molecular weight excluding hydrogens is 365 g/mol. The number of hydrogen-bond acceptors (Lipinski definition) is 2. The van der Waals surface area contributed by atoms with E-state index >= 15 is 0 Å². The molecule has 0 aliphatic carbocycles. The minimum Gasteiger partial charge on any atom is -0.463 e. The highest BCUT2D eigenvalue weighted by Gasteiger charge is 2.13. The lowest BCUT2D eigenvalue weighted by Gasteiger charge is -2.11. The molecule has 0 fully saturated rings. The van der Waals surface area contributed by atoms with Gasteiger partial charge in [0.1, 0.15) is 5.69 Å². The third-order valence-electron chi connectivity index (χ3n) is 3.71. The Bertz CT molecular complexity index is 997. The molecule has 5 heteroatoms. The highest BCUT2D eigenvalue weighted by atomic mass is 35.5. The molecule has 2 heterocycles. The van der Waals surface area contributed by atoms with Crippen molar-refractivity contribution in [3.63, 3.8) is 0 Å². The summed E-state index contributed by atoms with van der Waals surface area (Å²) in [5.74, 6) is 0.718. The van der Waals surface area contributed by atoms with Crippen LogP contribution in [0.4, 0.5) is 0 Å². The maximum absolute atomic E-state index is 6.40. The maximum atomic E-state index is 6.40. The molecule has 0 aliphatic rings. The molecule has 0 aliphatic heterocycles. The van der Waals surface area contributed by atoms with Crippen LogP contribution in [0.15, 0.2) is 71.3 Å². The molecule has 0 unspecified atom stereocenters. The summed E-state index contributed by atoms with van der Waals surface area (Å²) in [6.45, 7) is 0. The van der Waals surface area contributed by atoms with Crippen LogP contribution < -0.4 is 0 Å². The summed E-state index contributed by atoms with van der Waals surface area (Å²) >= 11 is 12.6. The molecule has 120 valence electrons. The van der Waals surface area contributed by atoms with Crippen LogP contribution in [-0.4, -0.2) is 4.98 Å². The minimum atomic E-state index is 0. The molecule has 0 saturated carbocycles.